The maximum atomic E-state index is 5.65. The summed E-state index contributed by atoms with van der Waals surface area (Å²) in [6.07, 6.45) is 6.49. The van der Waals surface area contributed by atoms with Gasteiger partial charge in [-0.2, -0.15) is 0 Å². The van der Waals surface area contributed by atoms with Gasteiger partial charge in [-0.3, -0.25) is 0 Å². The molecule has 1 aromatic rings. The second-order valence-electron chi connectivity index (χ2n) is 5.00. The fourth-order valence-corrected chi connectivity index (χ4v) is 1.77. The molecule has 4 heteroatoms. The monoisotopic (exact) mass is 264 g/mol. The Kier molecular flexibility index (Phi) is 5.95. The zero-order valence-electron chi connectivity index (χ0n) is 11.7. The molecule has 1 heterocycles. The van der Waals surface area contributed by atoms with E-state index in [1.165, 1.54) is 12.8 Å². The Morgan fingerprint density at radius 2 is 2.26 bits per heavy atom. The van der Waals surface area contributed by atoms with Crippen LogP contribution in [0.3, 0.4) is 0 Å². The molecule has 1 fully saturated rings. The number of hydrogen-bond acceptors (Lipinski definition) is 4. The maximum absolute atomic E-state index is 5.65. The molecule has 1 saturated carbocycles. The number of pyridine rings is 1. The molecular weight excluding hydrogens is 240 g/mol. The number of aromatic nitrogens is 1. The molecule has 0 atom stereocenters. The molecule has 0 unspecified atom stereocenters. The van der Waals surface area contributed by atoms with Crippen molar-refractivity contribution in [3.05, 3.63) is 18.3 Å². The fourth-order valence-electron chi connectivity index (χ4n) is 1.77. The third-order valence-corrected chi connectivity index (χ3v) is 3.04. The Labute approximate surface area is 115 Å². The zero-order valence-corrected chi connectivity index (χ0v) is 11.7. The lowest BCUT2D eigenvalue weighted by molar-refractivity contribution is 0.124. The van der Waals surface area contributed by atoms with Crippen LogP contribution in [0.25, 0.3) is 0 Å². The predicted octanol–water partition coefficient (Wildman–Crippen LogP) is 3.10. The first kappa shape index (κ1) is 14.1. The Bertz CT molecular complexity index is 367. The quantitative estimate of drug-likeness (QED) is 0.659. The highest BCUT2D eigenvalue weighted by atomic mass is 16.5. The largest absolute Gasteiger partial charge is 0.490 e. The second-order valence-corrected chi connectivity index (χ2v) is 5.00. The molecule has 1 aromatic heterocycles. The van der Waals surface area contributed by atoms with Crippen LogP contribution in [-0.2, 0) is 4.74 Å². The molecule has 0 radical (unpaired) electrons. The van der Waals surface area contributed by atoms with Crippen LogP contribution in [0.15, 0.2) is 18.3 Å². The molecule has 1 aliphatic carbocycles. The van der Waals surface area contributed by atoms with Crippen LogP contribution in [0, 0.1) is 5.92 Å². The van der Waals surface area contributed by atoms with Gasteiger partial charge in [-0.1, -0.05) is 6.92 Å². The van der Waals surface area contributed by atoms with E-state index >= 15 is 0 Å². The number of anilines is 1. The molecule has 0 bridgehead atoms. The van der Waals surface area contributed by atoms with Gasteiger partial charge in [-0.05, 0) is 43.7 Å². The van der Waals surface area contributed by atoms with Gasteiger partial charge < -0.3 is 14.8 Å². The Morgan fingerprint density at radius 1 is 1.37 bits per heavy atom. The normalized spacial score (nSPS) is 14.4. The number of ether oxygens (including phenoxy) is 2. The zero-order chi connectivity index (χ0) is 13.3. The van der Waals surface area contributed by atoms with E-state index in [9.17, 15) is 0 Å². The second kappa shape index (κ2) is 8.00. The van der Waals surface area contributed by atoms with Crippen LogP contribution in [0.1, 0.15) is 32.6 Å². The molecule has 0 amide bonds. The average molecular weight is 264 g/mol. The van der Waals surface area contributed by atoms with Crippen LogP contribution in [0.5, 0.6) is 5.75 Å². The summed E-state index contributed by atoms with van der Waals surface area (Å²) >= 11 is 0. The number of hydrogen-bond donors (Lipinski definition) is 1. The lowest BCUT2D eigenvalue weighted by Gasteiger charge is -2.11. The molecule has 2 rings (SSSR count). The Balaban J connectivity index is 1.63. The summed E-state index contributed by atoms with van der Waals surface area (Å²) in [4.78, 5) is 4.31. The summed E-state index contributed by atoms with van der Waals surface area (Å²) in [6.45, 7) is 5.45. The van der Waals surface area contributed by atoms with E-state index in [2.05, 4.69) is 17.2 Å². The van der Waals surface area contributed by atoms with Crippen molar-refractivity contribution in [2.24, 2.45) is 5.92 Å². The van der Waals surface area contributed by atoms with Crippen LogP contribution in [0.4, 0.5) is 5.82 Å². The Hall–Kier alpha value is -1.29. The molecule has 106 valence electrons. The first-order valence-corrected chi connectivity index (χ1v) is 7.29. The summed E-state index contributed by atoms with van der Waals surface area (Å²) < 4.78 is 11.2. The summed E-state index contributed by atoms with van der Waals surface area (Å²) in [6, 6.07) is 3.85. The molecule has 0 aliphatic heterocycles. The van der Waals surface area contributed by atoms with Crippen LogP contribution >= 0.6 is 0 Å². The first-order valence-electron chi connectivity index (χ1n) is 7.29. The third-order valence-electron chi connectivity index (χ3n) is 3.04. The topological polar surface area (TPSA) is 43.4 Å². The van der Waals surface area contributed by atoms with Crippen molar-refractivity contribution >= 4 is 5.82 Å². The van der Waals surface area contributed by atoms with Gasteiger partial charge in [0.05, 0.1) is 6.61 Å². The van der Waals surface area contributed by atoms with Crippen molar-refractivity contribution < 1.29 is 9.47 Å². The molecule has 0 spiro atoms. The van der Waals surface area contributed by atoms with Crippen molar-refractivity contribution in [3.63, 3.8) is 0 Å². The van der Waals surface area contributed by atoms with E-state index in [-0.39, 0.29) is 0 Å². The fraction of sp³-hybridized carbons (Fsp3) is 0.667. The van der Waals surface area contributed by atoms with Crippen LogP contribution < -0.4 is 10.1 Å². The molecule has 1 N–H and O–H groups in total. The Morgan fingerprint density at radius 3 is 3.05 bits per heavy atom. The van der Waals surface area contributed by atoms with E-state index in [0.29, 0.717) is 0 Å². The molecule has 19 heavy (non-hydrogen) atoms. The molecule has 4 nitrogen and oxygen atoms in total. The van der Waals surface area contributed by atoms with Gasteiger partial charge in [-0.15, -0.1) is 0 Å². The van der Waals surface area contributed by atoms with Crippen molar-refractivity contribution in [1.82, 2.24) is 4.98 Å². The predicted molar refractivity (Wildman–Crippen MR) is 76.7 cm³/mol. The van der Waals surface area contributed by atoms with Gasteiger partial charge in [0, 0.05) is 26.0 Å². The van der Waals surface area contributed by atoms with E-state index < -0.39 is 0 Å². The molecule has 0 saturated heterocycles. The van der Waals surface area contributed by atoms with Gasteiger partial charge in [0.2, 0.25) is 0 Å². The van der Waals surface area contributed by atoms with E-state index in [1.807, 2.05) is 12.1 Å². The molecular formula is C15H24N2O2. The average Bonchev–Trinajstić information content (AvgIpc) is 3.25. The molecule has 1 aliphatic rings. The van der Waals surface area contributed by atoms with Crippen LogP contribution in [0.2, 0.25) is 0 Å². The van der Waals surface area contributed by atoms with Gasteiger partial charge >= 0.3 is 0 Å². The number of nitrogens with zero attached hydrogens (tertiary/aromatic N) is 1. The van der Waals surface area contributed by atoms with E-state index in [4.69, 9.17) is 9.47 Å². The molecule has 0 aromatic carbocycles. The van der Waals surface area contributed by atoms with Crippen molar-refractivity contribution in [3.8, 4) is 5.75 Å². The van der Waals surface area contributed by atoms with Gasteiger partial charge in [-0.25, -0.2) is 4.98 Å². The number of nitrogens with one attached hydrogen (secondary N) is 1. The SMILES string of the molecule is CCCOc1cccnc1NCCCOCC1CC1. The van der Waals surface area contributed by atoms with Crippen molar-refractivity contribution in [1.29, 1.82) is 0 Å². The third kappa shape index (κ3) is 5.47. The van der Waals surface area contributed by atoms with Crippen LogP contribution in [-0.4, -0.2) is 31.3 Å². The van der Waals surface area contributed by atoms with E-state index in [0.717, 1.165) is 56.7 Å². The minimum atomic E-state index is 0.727. The number of rotatable bonds is 10. The summed E-state index contributed by atoms with van der Waals surface area (Å²) in [7, 11) is 0. The summed E-state index contributed by atoms with van der Waals surface area (Å²) in [5.41, 5.74) is 0. The van der Waals surface area contributed by atoms with E-state index in [1.54, 1.807) is 6.20 Å². The van der Waals surface area contributed by atoms with Gasteiger partial charge in [0.25, 0.3) is 0 Å². The van der Waals surface area contributed by atoms with Crippen molar-refractivity contribution in [2.45, 2.75) is 32.6 Å². The minimum Gasteiger partial charge on any atom is -0.490 e. The van der Waals surface area contributed by atoms with Crippen molar-refractivity contribution in [2.75, 3.05) is 31.7 Å². The summed E-state index contributed by atoms with van der Waals surface area (Å²) in [5.74, 6) is 2.51. The highest BCUT2D eigenvalue weighted by Crippen LogP contribution is 2.28. The highest BCUT2D eigenvalue weighted by molar-refractivity contribution is 5.49. The van der Waals surface area contributed by atoms with Gasteiger partial charge in [0.15, 0.2) is 11.6 Å². The smallest absolute Gasteiger partial charge is 0.168 e. The lowest BCUT2D eigenvalue weighted by Crippen LogP contribution is -2.09. The minimum absolute atomic E-state index is 0.727. The summed E-state index contributed by atoms with van der Waals surface area (Å²) in [5, 5.41) is 3.31. The lowest BCUT2D eigenvalue weighted by atomic mass is 10.4. The highest BCUT2D eigenvalue weighted by Gasteiger charge is 2.20. The maximum Gasteiger partial charge on any atom is 0.168 e. The first-order chi connectivity index (χ1) is 9.40. The van der Waals surface area contributed by atoms with Gasteiger partial charge in [0.1, 0.15) is 0 Å². The standard InChI is InChI=1S/C15H24N2O2/c1-2-10-19-14-5-3-8-16-15(14)17-9-4-11-18-12-13-6-7-13/h3,5,8,13H,2,4,6-7,9-12H2,1H3,(H,16,17).